The van der Waals surface area contributed by atoms with E-state index in [-0.39, 0.29) is 0 Å². The predicted molar refractivity (Wildman–Crippen MR) is 65.8 cm³/mol. The Morgan fingerprint density at radius 3 is 2.94 bits per heavy atom. The first kappa shape index (κ1) is 11.9. The van der Waals surface area contributed by atoms with Gasteiger partial charge in [0.2, 0.25) is 0 Å². The third-order valence-corrected chi connectivity index (χ3v) is 2.58. The molecule has 0 saturated carbocycles. The molecule has 92 valence electrons. The van der Waals surface area contributed by atoms with Crippen LogP contribution in [0.15, 0.2) is 27.4 Å². The van der Waals surface area contributed by atoms with E-state index in [4.69, 9.17) is 8.83 Å². The van der Waals surface area contributed by atoms with E-state index in [2.05, 4.69) is 17.2 Å². The zero-order valence-corrected chi connectivity index (χ0v) is 10.3. The van der Waals surface area contributed by atoms with Crippen LogP contribution in [0.3, 0.4) is 0 Å². The lowest BCUT2D eigenvalue weighted by Gasteiger charge is -1.99. The molecule has 17 heavy (non-hydrogen) atoms. The van der Waals surface area contributed by atoms with Crippen molar-refractivity contribution in [2.75, 3.05) is 13.1 Å². The number of aryl methyl sites for hydroxylation is 1. The molecule has 0 radical (unpaired) electrons. The second-order valence-corrected chi connectivity index (χ2v) is 4.05. The van der Waals surface area contributed by atoms with Gasteiger partial charge in [-0.15, -0.1) is 0 Å². The maximum absolute atomic E-state index is 5.64. The number of hydrogen-bond acceptors (Lipinski definition) is 4. The second-order valence-electron chi connectivity index (χ2n) is 4.05. The van der Waals surface area contributed by atoms with E-state index in [1.807, 2.05) is 13.0 Å². The fraction of sp³-hybridized carbons (Fsp3) is 0.462. The summed E-state index contributed by atoms with van der Waals surface area (Å²) in [6.07, 6.45) is 5.33. The van der Waals surface area contributed by atoms with Crippen LogP contribution in [0.2, 0.25) is 0 Å². The minimum absolute atomic E-state index is 0.706. The summed E-state index contributed by atoms with van der Waals surface area (Å²) in [6, 6.07) is 1.92. The highest BCUT2D eigenvalue weighted by atomic mass is 16.4. The van der Waals surface area contributed by atoms with E-state index in [9.17, 15) is 0 Å². The largest absolute Gasteiger partial charge is 0.461 e. The van der Waals surface area contributed by atoms with Crippen molar-refractivity contribution in [1.29, 1.82) is 0 Å². The normalized spacial score (nSPS) is 10.9. The summed E-state index contributed by atoms with van der Waals surface area (Å²) in [4.78, 5) is 4.24. The molecular weight excluding hydrogens is 216 g/mol. The Balaban J connectivity index is 1.95. The molecule has 2 rings (SSSR count). The third kappa shape index (κ3) is 2.97. The summed E-state index contributed by atoms with van der Waals surface area (Å²) in [7, 11) is 0. The molecule has 1 N–H and O–H groups in total. The molecule has 0 atom stereocenters. The van der Waals surface area contributed by atoms with Gasteiger partial charge in [0.05, 0.1) is 12.5 Å². The molecule has 0 bridgehead atoms. The van der Waals surface area contributed by atoms with Gasteiger partial charge in [-0.25, -0.2) is 4.98 Å². The van der Waals surface area contributed by atoms with Crippen molar-refractivity contribution in [1.82, 2.24) is 10.3 Å². The van der Waals surface area contributed by atoms with Crippen LogP contribution in [0.25, 0.3) is 11.5 Å². The van der Waals surface area contributed by atoms with Crippen LogP contribution in [-0.2, 0) is 6.42 Å². The Morgan fingerprint density at radius 2 is 2.24 bits per heavy atom. The standard InChI is InChI=1S/C13H18N2O2/c1-3-6-14-7-4-12-15-9-11(17-12)13-10(2)5-8-16-13/h5,8-9,14H,3-4,6-7H2,1-2H3. The van der Waals surface area contributed by atoms with Gasteiger partial charge >= 0.3 is 0 Å². The van der Waals surface area contributed by atoms with Gasteiger partial charge in [0.1, 0.15) is 0 Å². The Kier molecular flexibility index (Phi) is 3.98. The predicted octanol–water partition coefficient (Wildman–Crippen LogP) is 2.79. The van der Waals surface area contributed by atoms with Crippen molar-refractivity contribution in [3.05, 3.63) is 30.0 Å². The summed E-state index contributed by atoms with van der Waals surface area (Å²) < 4.78 is 11.0. The molecule has 0 fully saturated rings. The van der Waals surface area contributed by atoms with E-state index >= 15 is 0 Å². The Hall–Kier alpha value is -1.55. The first-order chi connectivity index (χ1) is 8.31. The SMILES string of the molecule is CCCNCCc1ncc(-c2occc2C)o1. The highest BCUT2D eigenvalue weighted by molar-refractivity contribution is 5.53. The molecule has 2 heterocycles. The number of rotatable bonds is 6. The van der Waals surface area contributed by atoms with Crippen molar-refractivity contribution >= 4 is 0 Å². The van der Waals surface area contributed by atoms with Gasteiger partial charge in [0.15, 0.2) is 17.4 Å². The fourth-order valence-electron chi connectivity index (χ4n) is 1.65. The van der Waals surface area contributed by atoms with Crippen LogP contribution in [0.5, 0.6) is 0 Å². The number of aromatic nitrogens is 1. The molecule has 0 saturated heterocycles. The molecule has 0 aliphatic heterocycles. The average molecular weight is 234 g/mol. The van der Waals surface area contributed by atoms with E-state index in [0.717, 1.165) is 43.1 Å². The van der Waals surface area contributed by atoms with E-state index in [0.29, 0.717) is 5.76 Å². The number of hydrogen-bond donors (Lipinski definition) is 1. The minimum Gasteiger partial charge on any atom is -0.461 e. The topological polar surface area (TPSA) is 51.2 Å². The monoisotopic (exact) mass is 234 g/mol. The molecule has 4 heteroatoms. The molecule has 4 nitrogen and oxygen atoms in total. The van der Waals surface area contributed by atoms with Crippen molar-refractivity contribution in [2.24, 2.45) is 0 Å². The van der Waals surface area contributed by atoms with Crippen LogP contribution in [0.4, 0.5) is 0 Å². The lowest BCUT2D eigenvalue weighted by molar-refractivity contribution is 0.474. The zero-order chi connectivity index (χ0) is 12.1. The summed E-state index contributed by atoms with van der Waals surface area (Å²) in [6.45, 7) is 6.07. The molecule has 0 unspecified atom stereocenters. The minimum atomic E-state index is 0.706. The molecule has 2 aromatic rings. The van der Waals surface area contributed by atoms with Crippen molar-refractivity contribution in [2.45, 2.75) is 26.7 Å². The maximum Gasteiger partial charge on any atom is 0.196 e. The molecule has 0 aliphatic rings. The summed E-state index contributed by atoms with van der Waals surface area (Å²) >= 11 is 0. The van der Waals surface area contributed by atoms with Crippen LogP contribution >= 0.6 is 0 Å². The maximum atomic E-state index is 5.64. The number of furan rings is 1. The summed E-state index contributed by atoms with van der Waals surface area (Å²) in [5.41, 5.74) is 1.07. The van der Waals surface area contributed by atoms with Gasteiger partial charge in [0, 0.05) is 13.0 Å². The first-order valence-corrected chi connectivity index (χ1v) is 6.01. The van der Waals surface area contributed by atoms with Gasteiger partial charge in [-0.1, -0.05) is 6.92 Å². The van der Waals surface area contributed by atoms with Gasteiger partial charge in [0.25, 0.3) is 0 Å². The Morgan fingerprint density at radius 1 is 1.35 bits per heavy atom. The van der Waals surface area contributed by atoms with Gasteiger partial charge in [-0.2, -0.15) is 0 Å². The quantitative estimate of drug-likeness (QED) is 0.781. The Labute approximate surface area is 101 Å². The number of nitrogens with one attached hydrogen (secondary N) is 1. The van der Waals surface area contributed by atoms with Crippen LogP contribution < -0.4 is 5.32 Å². The highest BCUT2D eigenvalue weighted by Gasteiger charge is 2.11. The molecule has 0 aliphatic carbocycles. The van der Waals surface area contributed by atoms with E-state index < -0.39 is 0 Å². The first-order valence-electron chi connectivity index (χ1n) is 6.01. The van der Waals surface area contributed by atoms with Crippen molar-refractivity contribution in [3.63, 3.8) is 0 Å². The Bertz CT molecular complexity index is 459. The van der Waals surface area contributed by atoms with E-state index in [1.165, 1.54) is 0 Å². The van der Waals surface area contributed by atoms with Crippen molar-refractivity contribution in [3.8, 4) is 11.5 Å². The molecule has 2 aromatic heterocycles. The van der Waals surface area contributed by atoms with Crippen LogP contribution in [0, 0.1) is 6.92 Å². The lowest BCUT2D eigenvalue weighted by Crippen LogP contribution is -2.17. The van der Waals surface area contributed by atoms with Gasteiger partial charge < -0.3 is 14.2 Å². The lowest BCUT2D eigenvalue weighted by atomic mass is 10.2. The fourth-order valence-corrected chi connectivity index (χ4v) is 1.65. The van der Waals surface area contributed by atoms with Crippen LogP contribution in [0.1, 0.15) is 24.8 Å². The molecular formula is C13H18N2O2. The zero-order valence-electron chi connectivity index (χ0n) is 10.3. The van der Waals surface area contributed by atoms with E-state index in [1.54, 1.807) is 12.5 Å². The van der Waals surface area contributed by atoms with Gasteiger partial charge in [-0.05, 0) is 31.5 Å². The van der Waals surface area contributed by atoms with Gasteiger partial charge in [-0.3, -0.25) is 0 Å². The third-order valence-electron chi connectivity index (χ3n) is 2.58. The molecule has 0 amide bonds. The van der Waals surface area contributed by atoms with Crippen LogP contribution in [-0.4, -0.2) is 18.1 Å². The number of nitrogens with zero attached hydrogens (tertiary/aromatic N) is 1. The number of oxazole rings is 1. The molecule has 0 spiro atoms. The average Bonchev–Trinajstić information content (AvgIpc) is 2.93. The summed E-state index contributed by atoms with van der Waals surface area (Å²) in [5.74, 6) is 2.22. The summed E-state index contributed by atoms with van der Waals surface area (Å²) in [5, 5.41) is 3.32. The molecule has 0 aromatic carbocycles. The van der Waals surface area contributed by atoms with Crippen molar-refractivity contribution < 1.29 is 8.83 Å². The smallest absolute Gasteiger partial charge is 0.196 e. The highest BCUT2D eigenvalue weighted by Crippen LogP contribution is 2.24. The second kappa shape index (κ2) is 5.68.